The molecule has 0 atom stereocenters. The van der Waals surface area contributed by atoms with Crippen molar-refractivity contribution in [1.29, 1.82) is 0 Å². The second kappa shape index (κ2) is 4.67. The Kier molecular flexibility index (Phi) is 3.27. The van der Waals surface area contributed by atoms with Crippen LogP contribution in [-0.4, -0.2) is 18.1 Å². The number of para-hydroxylation sites is 1. The van der Waals surface area contributed by atoms with Gasteiger partial charge in [0.25, 0.3) is 0 Å². The van der Waals surface area contributed by atoms with Gasteiger partial charge in [-0.05, 0) is 37.8 Å². The van der Waals surface area contributed by atoms with Gasteiger partial charge in [0.2, 0.25) is 0 Å². The Morgan fingerprint density at radius 1 is 1.00 bits per heavy atom. The monoisotopic (exact) mass is 204 g/mol. The zero-order valence-corrected chi connectivity index (χ0v) is 9.71. The highest BCUT2D eigenvalue weighted by molar-refractivity contribution is 5.55. The summed E-state index contributed by atoms with van der Waals surface area (Å²) in [7, 11) is 0. The van der Waals surface area contributed by atoms with E-state index in [1.807, 2.05) is 0 Å². The average molecular weight is 204 g/mol. The minimum Gasteiger partial charge on any atom is -0.318 e. The van der Waals surface area contributed by atoms with E-state index in [0.717, 1.165) is 0 Å². The molecule has 1 aromatic carbocycles. The zero-order valence-electron chi connectivity index (χ0n) is 9.71. The lowest BCUT2D eigenvalue weighted by molar-refractivity contribution is 0.273. The molecule has 0 amide bonds. The summed E-state index contributed by atoms with van der Waals surface area (Å²) in [6.45, 7) is 6.68. The molecule has 0 unspecified atom stereocenters. The minimum absolute atomic E-state index is 1.17. The van der Waals surface area contributed by atoms with Gasteiger partial charge in [-0.15, -0.1) is 0 Å². The van der Waals surface area contributed by atoms with Crippen molar-refractivity contribution in [2.75, 3.05) is 18.5 Å². The number of rotatable bonds is 2. The van der Waals surface area contributed by atoms with E-state index in [1.165, 1.54) is 49.2 Å². The first-order valence-electron chi connectivity index (χ1n) is 5.85. The van der Waals surface area contributed by atoms with Crippen molar-refractivity contribution in [3.05, 3.63) is 29.3 Å². The van der Waals surface area contributed by atoms with Gasteiger partial charge in [-0.1, -0.05) is 24.6 Å². The number of nitrogens with one attached hydrogen (secondary N) is 1. The van der Waals surface area contributed by atoms with Gasteiger partial charge < -0.3 is 5.43 Å². The normalized spacial score (nSPS) is 17.7. The zero-order chi connectivity index (χ0) is 10.7. The van der Waals surface area contributed by atoms with Crippen LogP contribution in [0.3, 0.4) is 0 Å². The second-order valence-corrected chi connectivity index (χ2v) is 4.43. The summed E-state index contributed by atoms with van der Waals surface area (Å²) >= 11 is 0. The van der Waals surface area contributed by atoms with E-state index in [4.69, 9.17) is 0 Å². The van der Waals surface area contributed by atoms with Gasteiger partial charge in [0.15, 0.2) is 0 Å². The van der Waals surface area contributed by atoms with E-state index in [1.54, 1.807) is 0 Å². The molecular weight excluding hydrogens is 184 g/mol. The maximum Gasteiger partial charge on any atom is 0.0548 e. The number of hydrogen-bond acceptors (Lipinski definition) is 2. The largest absolute Gasteiger partial charge is 0.318 e. The van der Waals surface area contributed by atoms with E-state index in [0.29, 0.717) is 0 Å². The molecule has 1 aliphatic rings. The third kappa shape index (κ3) is 2.51. The maximum atomic E-state index is 3.55. The molecule has 0 radical (unpaired) electrons. The lowest BCUT2D eigenvalue weighted by Crippen LogP contribution is -2.35. The fourth-order valence-corrected chi connectivity index (χ4v) is 2.15. The van der Waals surface area contributed by atoms with E-state index >= 15 is 0 Å². The molecule has 15 heavy (non-hydrogen) atoms. The molecule has 1 fully saturated rings. The second-order valence-electron chi connectivity index (χ2n) is 4.43. The predicted molar refractivity (Wildman–Crippen MR) is 65.0 cm³/mol. The Morgan fingerprint density at radius 2 is 1.60 bits per heavy atom. The quantitative estimate of drug-likeness (QED) is 0.796. The van der Waals surface area contributed by atoms with Crippen LogP contribution in [0, 0.1) is 13.8 Å². The molecule has 0 bridgehead atoms. The van der Waals surface area contributed by atoms with Crippen LogP contribution < -0.4 is 5.43 Å². The average Bonchev–Trinajstić information content (AvgIpc) is 2.25. The summed E-state index contributed by atoms with van der Waals surface area (Å²) in [5.74, 6) is 0. The third-order valence-electron chi connectivity index (χ3n) is 3.11. The first kappa shape index (κ1) is 10.5. The molecule has 0 aromatic heterocycles. The molecule has 2 nitrogen and oxygen atoms in total. The van der Waals surface area contributed by atoms with Gasteiger partial charge in [0.05, 0.1) is 5.69 Å². The lowest BCUT2D eigenvalue weighted by Gasteiger charge is -2.29. The standard InChI is InChI=1S/C13H20N2/c1-11-7-6-8-12(2)13(11)14-15-9-4-3-5-10-15/h6-8,14H,3-5,9-10H2,1-2H3. The van der Waals surface area contributed by atoms with Gasteiger partial charge in [-0.25, -0.2) is 5.01 Å². The van der Waals surface area contributed by atoms with Crippen molar-refractivity contribution in [1.82, 2.24) is 5.01 Å². The van der Waals surface area contributed by atoms with Crippen molar-refractivity contribution in [2.24, 2.45) is 0 Å². The van der Waals surface area contributed by atoms with Gasteiger partial charge in [0, 0.05) is 13.1 Å². The minimum atomic E-state index is 1.17. The summed E-state index contributed by atoms with van der Waals surface area (Å²) in [5, 5.41) is 2.35. The van der Waals surface area contributed by atoms with Crippen molar-refractivity contribution in [3.8, 4) is 0 Å². The van der Waals surface area contributed by atoms with Crippen LogP contribution in [0.15, 0.2) is 18.2 Å². The van der Waals surface area contributed by atoms with Crippen LogP contribution in [0.2, 0.25) is 0 Å². The highest BCUT2D eigenvalue weighted by Gasteiger charge is 2.11. The number of hydrogen-bond donors (Lipinski definition) is 1. The van der Waals surface area contributed by atoms with Crippen molar-refractivity contribution in [3.63, 3.8) is 0 Å². The Balaban J connectivity index is 2.09. The first-order chi connectivity index (χ1) is 7.27. The molecule has 0 aliphatic carbocycles. The van der Waals surface area contributed by atoms with E-state index in [-0.39, 0.29) is 0 Å². The van der Waals surface area contributed by atoms with E-state index in [2.05, 4.69) is 42.5 Å². The molecule has 1 N–H and O–H groups in total. The Morgan fingerprint density at radius 3 is 2.20 bits per heavy atom. The first-order valence-corrected chi connectivity index (χ1v) is 5.85. The maximum absolute atomic E-state index is 3.55. The van der Waals surface area contributed by atoms with Crippen LogP contribution in [0.4, 0.5) is 5.69 Å². The number of piperidine rings is 1. The number of nitrogens with zero attached hydrogens (tertiary/aromatic N) is 1. The van der Waals surface area contributed by atoms with Crippen molar-refractivity contribution < 1.29 is 0 Å². The fraction of sp³-hybridized carbons (Fsp3) is 0.538. The molecule has 1 aliphatic heterocycles. The highest BCUT2D eigenvalue weighted by Crippen LogP contribution is 2.21. The summed E-state index contributed by atoms with van der Waals surface area (Å²) in [6, 6.07) is 6.45. The number of benzene rings is 1. The molecule has 1 heterocycles. The third-order valence-corrected chi connectivity index (χ3v) is 3.11. The SMILES string of the molecule is Cc1cccc(C)c1NN1CCCCC1. The van der Waals surface area contributed by atoms with Crippen LogP contribution in [0.1, 0.15) is 30.4 Å². The predicted octanol–water partition coefficient (Wildman–Crippen LogP) is 3.12. The van der Waals surface area contributed by atoms with E-state index < -0.39 is 0 Å². The molecule has 2 heteroatoms. The summed E-state index contributed by atoms with van der Waals surface area (Å²) in [6.07, 6.45) is 4.01. The van der Waals surface area contributed by atoms with E-state index in [9.17, 15) is 0 Å². The number of aryl methyl sites for hydroxylation is 2. The molecule has 2 rings (SSSR count). The summed E-state index contributed by atoms with van der Waals surface area (Å²) in [5.41, 5.74) is 7.51. The number of anilines is 1. The Bertz CT molecular complexity index is 307. The smallest absolute Gasteiger partial charge is 0.0548 e. The summed E-state index contributed by atoms with van der Waals surface area (Å²) in [4.78, 5) is 0. The van der Waals surface area contributed by atoms with Crippen LogP contribution >= 0.6 is 0 Å². The number of hydrazine groups is 1. The van der Waals surface area contributed by atoms with Gasteiger partial charge in [0.1, 0.15) is 0 Å². The molecule has 1 aromatic rings. The van der Waals surface area contributed by atoms with Gasteiger partial charge in [-0.2, -0.15) is 0 Å². The van der Waals surface area contributed by atoms with Crippen LogP contribution in [0.25, 0.3) is 0 Å². The summed E-state index contributed by atoms with van der Waals surface area (Å²) < 4.78 is 0. The van der Waals surface area contributed by atoms with Crippen LogP contribution in [-0.2, 0) is 0 Å². The molecular formula is C13H20N2. The lowest BCUT2D eigenvalue weighted by atomic mass is 10.1. The van der Waals surface area contributed by atoms with Gasteiger partial charge in [-0.3, -0.25) is 0 Å². The Hall–Kier alpha value is -1.02. The van der Waals surface area contributed by atoms with Crippen LogP contribution in [0.5, 0.6) is 0 Å². The fourth-order valence-electron chi connectivity index (χ4n) is 2.15. The van der Waals surface area contributed by atoms with Gasteiger partial charge >= 0.3 is 0 Å². The molecule has 1 saturated heterocycles. The molecule has 0 spiro atoms. The van der Waals surface area contributed by atoms with Crippen molar-refractivity contribution in [2.45, 2.75) is 33.1 Å². The highest BCUT2D eigenvalue weighted by atomic mass is 15.5. The Labute approximate surface area is 92.3 Å². The topological polar surface area (TPSA) is 15.3 Å². The van der Waals surface area contributed by atoms with Crippen molar-refractivity contribution >= 4 is 5.69 Å². The molecule has 82 valence electrons. The molecule has 0 saturated carbocycles.